The van der Waals surface area contributed by atoms with E-state index in [1.807, 2.05) is 12.1 Å². The van der Waals surface area contributed by atoms with Gasteiger partial charge in [-0.15, -0.1) is 0 Å². The lowest BCUT2D eigenvalue weighted by atomic mass is 10.2. The van der Waals surface area contributed by atoms with Crippen molar-refractivity contribution in [2.75, 3.05) is 12.0 Å². The van der Waals surface area contributed by atoms with E-state index in [-0.39, 0.29) is 11.4 Å². The smallest absolute Gasteiger partial charge is 0.254 e. The molecule has 2 rings (SSSR count). The van der Waals surface area contributed by atoms with Gasteiger partial charge in [0.1, 0.15) is 0 Å². The van der Waals surface area contributed by atoms with Crippen LogP contribution >= 0.6 is 0 Å². The number of hydrazine groups is 1. The highest BCUT2D eigenvalue weighted by molar-refractivity contribution is 5.95. The molecule has 4 N–H and O–H groups in total. The van der Waals surface area contributed by atoms with Gasteiger partial charge in [0.15, 0.2) is 11.6 Å². The summed E-state index contributed by atoms with van der Waals surface area (Å²) < 4.78 is 13.8. The molecule has 0 aromatic carbocycles. The number of hydrogen-bond acceptors (Lipinski definition) is 5. The van der Waals surface area contributed by atoms with Gasteiger partial charge < -0.3 is 10.7 Å². The highest BCUT2D eigenvalue weighted by atomic mass is 19.1. The Morgan fingerprint density at radius 3 is 2.70 bits per heavy atom. The number of carbonyl (C=O) groups excluding carboxylic acids is 1. The summed E-state index contributed by atoms with van der Waals surface area (Å²) in [6, 6.07) is 5.02. The predicted molar refractivity (Wildman–Crippen MR) is 72.3 cm³/mol. The SMILES string of the molecule is NNc1nccc(C(=O)NCCc2ccncc2)c1F. The third kappa shape index (κ3) is 3.27. The summed E-state index contributed by atoms with van der Waals surface area (Å²) >= 11 is 0. The molecule has 0 fully saturated rings. The summed E-state index contributed by atoms with van der Waals surface area (Å²) in [4.78, 5) is 19.4. The molecule has 2 heterocycles. The van der Waals surface area contributed by atoms with Crippen molar-refractivity contribution in [1.82, 2.24) is 15.3 Å². The van der Waals surface area contributed by atoms with E-state index in [9.17, 15) is 9.18 Å². The Labute approximate surface area is 115 Å². The second-order valence-corrected chi connectivity index (χ2v) is 4.03. The van der Waals surface area contributed by atoms with Gasteiger partial charge in [-0.1, -0.05) is 0 Å². The van der Waals surface area contributed by atoms with Crippen LogP contribution in [0.4, 0.5) is 10.2 Å². The highest BCUT2D eigenvalue weighted by Gasteiger charge is 2.14. The van der Waals surface area contributed by atoms with E-state index < -0.39 is 11.7 Å². The number of hydrogen-bond donors (Lipinski definition) is 3. The van der Waals surface area contributed by atoms with Crippen LogP contribution in [-0.2, 0) is 6.42 Å². The summed E-state index contributed by atoms with van der Waals surface area (Å²) in [7, 11) is 0. The van der Waals surface area contributed by atoms with Crippen molar-refractivity contribution in [3.8, 4) is 0 Å². The van der Waals surface area contributed by atoms with Crippen LogP contribution in [0.3, 0.4) is 0 Å². The number of nitrogen functional groups attached to an aromatic ring is 1. The molecule has 6 nitrogen and oxygen atoms in total. The average Bonchev–Trinajstić information content (AvgIpc) is 2.48. The largest absolute Gasteiger partial charge is 0.352 e. The molecule has 2 aromatic rings. The number of anilines is 1. The topological polar surface area (TPSA) is 92.9 Å². The molecule has 104 valence electrons. The van der Waals surface area contributed by atoms with E-state index in [2.05, 4.69) is 20.7 Å². The van der Waals surface area contributed by atoms with E-state index in [1.165, 1.54) is 12.3 Å². The van der Waals surface area contributed by atoms with Crippen LogP contribution in [0.15, 0.2) is 36.8 Å². The molecule has 0 unspecified atom stereocenters. The van der Waals surface area contributed by atoms with Crippen LogP contribution in [0.25, 0.3) is 0 Å². The minimum absolute atomic E-state index is 0.0947. The Morgan fingerprint density at radius 2 is 2.00 bits per heavy atom. The quantitative estimate of drug-likeness (QED) is 0.556. The number of nitrogens with two attached hydrogens (primary N) is 1. The summed E-state index contributed by atoms with van der Waals surface area (Å²) in [6.07, 6.45) is 5.32. The van der Waals surface area contributed by atoms with Crippen molar-refractivity contribution in [2.45, 2.75) is 6.42 Å². The van der Waals surface area contributed by atoms with Gasteiger partial charge in [-0.3, -0.25) is 9.78 Å². The number of nitrogens with one attached hydrogen (secondary N) is 2. The van der Waals surface area contributed by atoms with Gasteiger partial charge in [-0.2, -0.15) is 0 Å². The number of rotatable bonds is 5. The van der Waals surface area contributed by atoms with E-state index in [0.29, 0.717) is 13.0 Å². The first kappa shape index (κ1) is 13.9. The molecule has 0 radical (unpaired) electrons. The zero-order chi connectivity index (χ0) is 14.4. The maximum atomic E-state index is 13.8. The molecule has 7 heteroatoms. The van der Waals surface area contributed by atoms with E-state index >= 15 is 0 Å². The Morgan fingerprint density at radius 1 is 1.25 bits per heavy atom. The Hall–Kier alpha value is -2.54. The first-order valence-electron chi connectivity index (χ1n) is 6.00. The van der Waals surface area contributed by atoms with Crippen molar-refractivity contribution >= 4 is 11.7 Å². The van der Waals surface area contributed by atoms with E-state index in [1.54, 1.807) is 12.4 Å². The summed E-state index contributed by atoms with van der Waals surface area (Å²) in [5.41, 5.74) is 3.05. The summed E-state index contributed by atoms with van der Waals surface area (Å²) in [5, 5.41) is 2.64. The molecule has 0 aliphatic carbocycles. The van der Waals surface area contributed by atoms with Gasteiger partial charge in [-0.05, 0) is 30.2 Å². The van der Waals surface area contributed by atoms with E-state index in [0.717, 1.165) is 5.56 Å². The number of pyridine rings is 2. The third-order valence-corrected chi connectivity index (χ3v) is 2.72. The van der Waals surface area contributed by atoms with Gasteiger partial charge in [0.05, 0.1) is 5.56 Å². The molecule has 20 heavy (non-hydrogen) atoms. The molecular formula is C13H14FN5O. The number of nitrogens with zero attached hydrogens (tertiary/aromatic N) is 2. The van der Waals surface area contributed by atoms with Crippen LogP contribution < -0.4 is 16.6 Å². The molecule has 0 saturated carbocycles. The zero-order valence-electron chi connectivity index (χ0n) is 10.6. The fourth-order valence-corrected chi connectivity index (χ4v) is 1.68. The maximum Gasteiger partial charge on any atom is 0.254 e. The normalized spacial score (nSPS) is 10.1. The molecule has 2 aromatic heterocycles. The van der Waals surface area contributed by atoms with Crippen LogP contribution in [0.5, 0.6) is 0 Å². The second-order valence-electron chi connectivity index (χ2n) is 4.03. The number of carbonyl (C=O) groups is 1. The fourth-order valence-electron chi connectivity index (χ4n) is 1.68. The van der Waals surface area contributed by atoms with Crippen LogP contribution in [0.2, 0.25) is 0 Å². The van der Waals surface area contributed by atoms with Gasteiger partial charge in [0.25, 0.3) is 5.91 Å². The standard InChI is InChI=1S/C13H14FN5O/c14-11-10(4-8-17-12(11)19-15)13(20)18-7-3-9-1-5-16-6-2-9/h1-2,4-6,8H,3,7,15H2,(H,17,19)(H,18,20). The minimum Gasteiger partial charge on any atom is -0.352 e. The highest BCUT2D eigenvalue weighted by Crippen LogP contribution is 2.13. The number of halogens is 1. The molecule has 1 amide bonds. The van der Waals surface area contributed by atoms with Crippen LogP contribution in [0.1, 0.15) is 15.9 Å². The molecule has 0 aliphatic rings. The zero-order valence-corrected chi connectivity index (χ0v) is 10.6. The van der Waals surface area contributed by atoms with Crippen LogP contribution in [-0.4, -0.2) is 22.4 Å². The van der Waals surface area contributed by atoms with Crippen molar-refractivity contribution in [3.63, 3.8) is 0 Å². The van der Waals surface area contributed by atoms with Crippen molar-refractivity contribution in [2.24, 2.45) is 5.84 Å². The monoisotopic (exact) mass is 275 g/mol. The van der Waals surface area contributed by atoms with Crippen molar-refractivity contribution in [1.29, 1.82) is 0 Å². The van der Waals surface area contributed by atoms with Gasteiger partial charge in [0.2, 0.25) is 0 Å². The first-order valence-corrected chi connectivity index (χ1v) is 6.00. The fraction of sp³-hybridized carbons (Fsp3) is 0.154. The second kappa shape index (κ2) is 6.58. The molecule has 0 aliphatic heterocycles. The van der Waals surface area contributed by atoms with Crippen LogP contribution in [0, 0.1) is 5.82 Å². The number of amides is 1. The lowest BCUT2D eigenvalue weighted by Gasteiger charge is -2.08. The van der Waals surface area contributed by atoms with Crippen molar-refractivity contribution in [3.05, 3.63) is 53.7 Å². The van der Waals surface area contributed by atoms with Gasteiger partial charge in [-0.25, -0.2) is 15.2 Å². The van der Waals surface area contributed by atoms with Gasteiger partial charge >= 0.3 is 0 Å². The third-order valence-electron chi connectivity index (χ3n) is 2.72. The lowest BCUT2D eigenvalue weighted by molar-refractivity contribution is 0.0950. The van der Waals surface area contributed by atoms with E-state index in [4.69, 9.17) is 5.84 Å². The Balaban J connectivity index is 1.95. The molecule has 0 atom stereocenters. The average molecular weight is 275 g/mol. The molecular weight excluding hydrogens is 261 g/mol. The van der Waals surface area contributed by atoms with Crippen molar-refractivity contribution < 1.29 is 9.18 Å². The molecule has 0 spiro atoms. The van der Waals surface area contributed by atoms with Gasteiger partial charge in [0, 0.05) is 25.1 Å². The Bertz CT molecular complexity index is 591. The minimum atomic E-state index is -0.767. The number of aromatic nitrogens is 2. The first-order chi connectivity index (χ1) is 9.72. The Kier molecular flexibility index (Phi) is 4.56. The maximum absolute atomic E-state index is 13.8. The summed E-state index contributed by atoms with van der Waals surface area (Å²) in [6.45, 7) is 0.399. The predicted octanol–water partition coefficient (Wildman–Crippen LogP) is 0.874. The summed E-state index contributed by atoms with van der Waals surface area (Å²) in [5.74, 6) is 3.67. The lowest BCUT2D eigenvalue weighted by Crippen LogP contribution is -2.27. The molecule has 0 saturated heterocycles. The molecule has 0 bridgehead atoms.